The van der Waals surface area contributed by atoms with Crippen molar-refractivity contribution in [1.29, 1.82) is 0 Å². The van der Waals surface area contributed by atoms with Crippen LogP contribution in [0.2, 0.25) is 0 Å². The van der Waals surface area contributed by atoms with Crippen LogP contribution in [-0.2, 0) is 4.79 Å². The summed E-state index contributed by atoms with van der Waals surface area (Å²) in [5.41, 5.74) is 0.530. The quantitative estimate of drug-likeness (QED) is 0.871. The fourth-order valence-electron chi connectivity index (χ4n) is 3.50. The third-order valence-corrected chi connectivity index (χ3v) is 4.56. The van der Waals surface area contributed by atoms with Crippen LogP contribution in [0.5, 0.6) is 0 Å². The zero-order chi connectivity index (χ0) is 13.9. The Hall–Kier alpha value is -1.42. The molecule has 1 aliphatic heterocycles. The van der Waals surface area contributed by atoms with E-state index in [1.165, 1.54) is 37.8 Å². The van der Waals surface area contributed by atoms with Crippen molar-refractivity contribution in [3.8, 4) is 0 Å². The van der Waals surface area contributed by atoms with Gasteiger partial charge in [-0.3, -0.25) is 4.79 Å². The van der Waals surface area contributed by atoms with Gasteiger partial charge in [-0.2, -0.15) is 0 Å². The van der Waals surface area contributed by atoms with Crippen molar-refractivity contribution in [2.75, 3.05) is 5.32 Å². The number of anilines is 1. The number of rotatable bonds is 2. The number of nitrogens with one attached hydrogen (secondary N) is 2. The van der Waals surface area contributed by atoms with E-state index in [4.69, 9.17) is 0 Å². The molecule has 3 rings (SSSR count). The molecule has 1 aliphatic carbocycles. The van der Waals surface area contributed by atoms with E-state index < -0.39 is 0 Å². The average Bonchev–Trinajstić information content (AvgIpc) is 2.47. The molecular weight excluding hydrogens is 255 g/mol. The number of carbonyl (C=O) groups is 1. The van der Waals surface area contributed by atoms with Crippen molar-refractivity contribution < 1.29 is 9.18 Å². The van der Waals surface area contributed by atoms with Gasteiger partial charge in [0.25, 0.3) is 0 Å². The number of fused-ring (bicyclic) bond motifs is 1. The minimum atomic E-state index is -0.327. The van der Waals surface area contributed by atoms with E-state index in [1.807, 2.05) is 0 Å². The van der Waals surface area contributed by atoms with E-state index in [0.29, 0.717) is 11.7 Å². The van der Waals surface area contributed by atoms with Crippen LogP contribution in [0.25, 0.3) is 0 Å². The van der Waals surface area contributed by atoms with Crippen LogP contribution >= 0.6 is 0 Å². The van der Waals surface area contributed by atoms with Crippen molar-refractivity contribution in [3.05, 3.63) is 30.1 Å². The van der Waals surface area contributed by atoms with E-state index in [0.717, 1.165) is 18.8 Å². The average molecular weight is 276 g/mol. The molecule has 1 heterocycles. The summed E-state index contributed by atoms with van der Waals surface area (Å²) >= 11 is 0. The van der Waals surface area contributed by atoms with Crippen LogP contribution in [0.3, 0.4) is 0 Å². The van der Waals surface area contributed by atoms with E-state index in [-0.39, 0.29) is 17.8 Å². The number of halogens is 1. The fraction of sp³-hybridized carbons (Fsp3) is 0.562. The Morgan fingerprint density at radius 2 is 2.05 bits per heavy atom. The number of carbonyl (C=O) groups excluding carboxylic acids is 1. The first-order valence-electron chi connectivity index (χ1n) is 7.55. The van der Waals surface area contributed by atoms with Crippen LogP contribution in [0.15, 0.2) is 24.3 Å². The van der Waals surface area contributed by atoms with Gasteiger partial charge in [0.2, 0.25) is 5.91 Å². The van der Waals surface area contributed by atoms with Crippen molar-refractivity contribution in [2.24, 2.45) is 5.92 Å². The van der Waals surface area contributed by atoms with E-state index in [9.17, 15) is 9.18 Å². The molecule has 1 aromatic rings. The second-order valence-corrected chi connectivity index (χ2v) is 5.95. The monoisotopic (exact) mass is 276 g/mol. The summed E-state index contributed by atoms with van der Waals surface area (Å²) < 4.78 is 13.1. The zero-order valence-electron chi connectivity index (χ0n) is 11.6. The molecule has 0 aromatic heterocycles. The Morgan fingerprint density at radius 3 is 2.90 bits per heavy atom. The van der Waals surface area contributed by atoms with Gasteiger partial charge in [-0.05, 0) is 49.8 Å². The van der Waals surface area contributed by atoms with Crippen LogP contribution in [0.1, 0.15) is 38.5 Å². The van der Waals surface area contributed by atoms with Crippen LogP contribution in [0, 0.1) is 11.7 Å². The summed E-state index contributed by atoms with van der Waals surface area (Å²) in [4.78, 5) is 12.3. The normalized spacial score (nSPS) is 29.6. The lowest BCUT2D eigenvalue weighted by atomic mass is 9.77. The van der Waals surface area contributed by atoms with E-state index in [2.05, 4.69) is 10.6 Å². The van der Waals surface area contributed by atoms with Gasteiger partial charge in [-0.15, -0.1) is 0 Å². The Bertz CT molecular complexity index is 491. The van der Waals surface area contributed by atoms with Gasteiger partial charge in [0, 0.05) is 11.7 Å². The van der Waals surface area contributed by atoms with Gasteiger partial charge < -0.3 is 10.6 Å². The highest BCUT2D eigenvalue weighted by Gasteiger charge is 2.34. The molecule has 1 aromatic carbocycles. The van der Waals surface area contributed by atoms with Gasteiger partial charge >= 0.3 is 0 Å². The van der Waals surface area contributed by atoms with Gasteiger partial charge in [0.05, 0.1) is 6.04 Å². The topological polar surface area (TPSA) is 41.1 Å². The van der Waals surface area contributed by atoms with Crippen molar-refractivity contribution in [1.82, 2.24) is 5.32 Å². The Morgan fingerprint density at radius 1 is 1.20 bits per heavy atom. The first kappa shape index (κ1) is 13.6. The number of amides is 1. The second kappa shape index (κ2) is 5.92. The molecule has 0 spiro atoms. The highest BCUT2D eigenvalue weighted by atomic mass is 19.1. The molecular formula is C16H21FN2O. The third kappa shape index (κ3) is 3.01. The predicted molar refractivity (Wildman–Crippen MR) is 76.9 cm³/mol. The Balaban J connectivity index is 1.60. The van der Waals surface area contributed by atoms with Crippen LogP contribution in [-0.4, -0.2) is 18.0 Å². The lowest BCUT2D eigenvalue weighted by molar-refractivity contribution is -0.119. The van der Waals surface area contributed by atoms with Gasteiger partial charge in [-0.1, -0.05) is 18.9 Å². The van der Waals surface area contributed by atoms with Gasteiger partial charge in [0.15, 0.2) is 0 Å². The van der Waals surface area contributed by atoms with E-state index >= 15 is 0 Å². The Labute approximate surface area is 118 Å². The SMILES string of the molecule is O=C(Nc1cccc(F)c1)C1CCC2CCCCC2N1. The summed E-state index contributed by atoms with van der Waals surface area (Å²) in [7, 11) is 0. The Kier molecular flexibility index (Phi) is 4.01. The molecule has 1 saturated heterocycles. The molecule has 3 atom stereocenters. The maximum Gasteiger partial charge on any atom is 0.241 e. The van der Waals surface area contributed by atoms with Crippen molar-refractivity contribution in [2.45, 2.75) is 50.6 Å². The number of piperidine rings is 1. The van der Waals surface area contributed by atoms with E-state index in [1.54, 1.807) is 12.1 Å². The largest absolute Gasteiger partial charge is 0.325 e. The fourth-order valence-corrected chi connectivity index (χ4v) is 3.50. The molecule has 1 amide bonds. The molecule has 108 valence electrons. The maximum atomic E-state index is 13.1. The predicted octanol–water partition coefficient (Wildman–Crippen LogP) is 3.08. The third-order valence-electron chi connectivity index (χ3n) is 4.56. The lowest BCUT2D eigenvalue weighted by Crippen LogP contribution is -2.53. The second-order valence-electron chi connectivity index (χ2n) is 5.95. The minimum Gasteiger partial charge on any atom is -0.325 e. The molecule has 2 N–H and O–H groups in total. The smallest absolute Gasteiger partial charge is 0.241 e. The summed E-state index contributed by atoms with van der Waals surface area (Å²) in [5.74, 6) is 0.369. The highest BCUT2D eigenvalue weighted by Crippen LogP contribution is 2.32. The molecule has 4 heteroatoms. The first-order valence-corrected chi connectivity index (χ1v) is 7.55. The summed E-state index contributed by atoms with van der Waals surface area (Å²) in [6.45, 7) is 0. The lowest BCUT2D eigenvalue weighted by Gasteiger charge is -2.39. The zero-order valence-corrected chi connectivity index (χ0v) is 11.6. The first-order chi connectivity index (χ1) is 9.72. The molecule has 20 heavy (non-hydrogen) atoms. The van der Waals surface area contributed by atoms with Crippen molar-refractivity contribution >= 4 is 11.6 Å². The van der Waals surface area contributed by atoms with Gasteiger partial charge in [-0.25, -0.2) is 4.39 Å². The minimum absolute atomic E-state index is 0.0420. The molecule has 3 unspecified atom stereocenters. The number of hydrogen-bond acceptors (Lipinski definition) is 2. The van der Waals surface area contributed by atoms with Crippen LogP contribution in [0.4, 0.5) is 10.1 Å². The molecule has 2 aliphatic rings. The van der Waals surface area contributed by atoms with Gasteiger partial charge in [0.1, 0.15) is 5.82 Å². The molecule has 0 radical (unpaired) electrons. The molecule has 3 nitrogen and oxygen atoms in total. The molecule has 2 fully saturated rings. The summed E-state index contributed by atoms with van der Waals surface area (Å²) in [6, 6.07) is 6.40. The summed E-state index contributed by atoms with van der Waals surface area (Å²) in [6.07, 6.45) is 7.04. The van der Waals surface area contributed by atoms with Crippen molar-refractivity contribution in [3.63, 3.8) is 0 Å². The summed E-state index contributed by atoms with van der Waals surface area (Å²) in [5, 5.41) is 6.29. The standard InChI is InChI=1S/C16H21FN2O/c17-12-5-3-6-13(10-12)18-16(20)15-9-8-11-4-1-2-7-14(11)19-15/h3,5-6,10-11,14-15,19H,1-2,4,7-9H2,(H,18,20). The highest BCUT2D eigenvalue weighted by molar-refractivity contribution is 5.94. The van der Waals surface area contributed by atoms with Crippen LogP contribution < -0.4 is 10.6 Å². The maximum absolute atomic E-state index is 13.1. The molecule has 1 saturated carbocycles. The number of hydrogen-bond donors (Lipinski definition) is 2. The number of benzene rings is 1. The molecule has 0 bridgehead atoms.